The van der Waals surface area contributed by atoms with Gasteiger partial charge in [0.15, 0.2) is 5.82 Å². The van der Waals surface area contributed by atoms with Crippen LogP contribution in [0.25, 0.3) is 11.4 Å². The van der Waals surface area contributed by atoms with Gasteiger partial charge in [-0.15, -0.1) is 5.10 Å². The Hall–Kier alpha value is -3.02. The van der Waals surface area contributed by atoms with Gasteiger partial charge in [-0.1, -0.05) is 36.4 Å². The van der Waals surface area contributed by atoms with Gasteiger partial charge in [-0.05, 0) is 55.4 Å². The summed E-state index contributed by atoms with van der Waals surface area (Å²) in [5.74, 6) is 0.427. The van der Waals surface area contributed by atoms with Crippen molar-refractivity contribution in [1.82, 2.24) is 19.7 Å². The van der Waals surface area contributed by atoms with Crippen molar-refractivity contribution in [2.24, 2.45) is 5.92 Å². The molecule has 1 saturated heterocycles. The van der Waals surface area contributed by atoms with Crippen molar-refractivity contribution in [3.05, 3.63) is 71.8 Å². The maximum atomic E-state index is 14.1. The molecule has 0 aliphatic carbocycles. The van der Waals surface area contributed by atoms with Gasteiger partial charge in [0.05, 0.1) is 5.56 Å². The molecule has 0 bridgehead atoms. The SMILES string of the molecule is Cc1ccc(-c2ncn(C(=O)N3CCC(Cc4ccccc4)CC3)n2)c(F)c1. The Labute approximate surface area is 163 Å². The van der Waals surface area contributed by atoms with Crippen LogP contribution in [-0.2, 0) is 6.42 Å². The fourth-order valence-corrected chi connectivity index (χ4v) is 3.70. The fraction of sp³-hybridized carbons (Fsp3) is 0.318. The molecule has 0 spiro atoms. The molecule has 6 heteroatoms. The number of amides is 1. The van der Waals surface area contributed by atoms with Crippen LogP contribution in [0.15, 0.2) is 54.9 Å². The topological polar surface area (TPSA) is 51.0 Å². The first kappa shape index (κ1) is 18.3. The van der Waals surface area contributed by atoms with E-state index in [0.29, 0.717) is 24.6 Å². The van der Waals surface area contributed by atoms with Crippen molar-refractivity contribution in [1.29, 1.82) is 0 Å². The van der Waals surface area contributed by atoms with Crippen molar-refractivity contribution >= 4 is 6.03 Å². The summed E-state index contributed by atoms with van der Waals surface area (Å²) in [5, 5.41) is 4.21. The molecule has 0 radical (unpaired) electrons. The molecule has 0 unspecified atom stereocenters. The first-order valence-electron chi connectivity index (χ1n) is 9.61. The van der Waals surface area contributed by atoms with E-state index in [1.807, 2.05) is 13.0 Å². The highest BCUT2D eigenvalue weighted by molar-refractivity contribution is 5.76. The van der Waals surface area contributed by atoms with E-state index in [0.717, 1.165) is 24.8 Å². The van der Waals surface area contributed by atoms with E-state index in [4.69, 9.17) is 0 Å². The number of halogens is 1. The molecule has 1 fully saturated rings. The second kappa shape index (κ2) is 7.92. The quantitative estimate of drug-likeness (QED) is 0.682. The molecule has 1 amide bonds. The van der Waals surface area contributed by atoms with Crippen LogP contribution in [0.1, 0.15) is 24.0 Å². The van der Waals surface area contributed by atoms with E-state index in [-0.39, 0.29) is 17.7 Å². The van der Waals surface area contributed by atoms with E-state index in [1.165, 1.54) is 22.6 Å². The number of hydrogen-bond donors (Lipinski definition) is 0. The average Bonchev–Trinajstić information content (AvgIpc) is 3.19. The van der Waals surface area contributed by atoms with Gasteiger partial charge in [-0.25, -0.2) is 14.2 Å². The largest absolute Gasteiger partial charge is 0.346 e. The molecular weight excluding hydrogens is 355 g/mol. The Morgan fingerprint density at radius 1 is 1.14 bits per heavy atom. The number of nitrogens with zero attached hydrogens (tertiary/aromatic N) is 4. The zero-order valence-corrected chi connectivity index (χ0v) is 15.9. The predicted molar refractivity (Wildman–Crippen MR) is 105 cm³/mol. The smallest absolute Gasteiger partial charge is 0.323 e. The average molecular weight is 378 g/mol. The third-order valence-corrected chi connectivity index (χ3v) is 5.31. The molecule has 2 heterocycles. The molecule has 1 aliphatic heterocycles. The van der Waals surface area contributed by atoms with Crippen molar-refractivity contribution in [2.75, 3.05) is 13.1 Å². The van der Waals surface area contributed by atoms with Gasteiger partial charge in [-0.2, -0.15) is 4.68 Å². The number of aromatic nitrogens is 3. The molecule has 5 nitrogen and oxygen atoms in total. The van der Waals surface area contributed by atoms with Crippen LogP contribution >= 0.6 is 0 Å². The van der Waals surface area contributed by atoms with E-state index in [9.17, 15) is 9.18 Å². The highest BCUT2D eigenvalue weighted by Crippen LogP contribution is 2.23. The van der Waals surface area contributed by atoms with Crippen LogP contribution in [0.5, 0.6) is 0 Å². The summed E-state index contributed by atoms with van der Waals surface area (Å²) in [6.45, 7) is 3.22. The summed E-state index contributed by atoms with van der Waals surface area (Å²) in [5.41, 5.74) is 2.47. The summed E-state index contributed by atoms with van der Waals surface area (Å²) in [6.07, 6.45) is 4.35. The Balaban J connectivity index is 1.39. The maximum Gasteiger partial charge on any atom is 0.346 e. The lowest BCUT2D eigenvalue weighted by atomic mass is 9.90. The van der Waals surface area contributed by atoms with Gasteiger partial charge in [0.2, 0.25) is 0 Å². The highest BCUT2D eigenvalue weighted by atomic mass is 19.1. The summed E-state index contributed by atoms with van der Waals surface area (Å²) in [6, 6.07) is 15.1. The Morgan fingerprint density at radius 2 is 1.89 bits per heavy atom. The van der Waals surface area contributed by atoms with Crippen molar-refractivity contribution in [3.8, 4) is 11.4 Å². The van der Waals surface area contributed by atoms with Crippen LogP contribution in [0.3, 0.4) is 0 Å². The summed E-state index contributed by atoms with van der Waals surface area (Å²) < 4.78 is 15.4. The molecule has 1 aliphatic rings. The van der Waals surface area contributed by atoms with Crippen molar-refractivity contribution in [3.63, 3.8) is 0 Å². The second-order valence-electron chi connectivity index (χ2n) is 7.40. The van der Waals surface area contributed by atoms with E-state index in [2.05, 4.69) is 34.3 Å². The van der Waals surface area contributed by atoms with Crippen LogP contribution in [0.2, 0.25) is 0 Å². The van der Waals surface area contributed by atoms with E-state index >= 15 is 0 Å². The second-order valence-corrected chi connectivity index (χ2v) is 7.40. The van der Waals surface area contributed by atoms with Crippen molar-refractivity contribution < 1.29 is 9.18 Å². The predicted octanol–water partition coefficient (Wildman–Crippen LogP) is 4.32. The first-order valence-corrected chi connectivity index (χ1v) is 9.61. The molecule has 28 heavy (non-hydrogen) atoms. The summed E-state index contributed by atoms with van der Waals surface area (Å²) in [7, 11) is 0. The molecule has 144 valence electrons. The van der Waals surface area contributed by atoms with Gasteiger partial charge >= 0.3 is 6.03 Å². The lowest BCUT2D eigenvalue weighted by Crippen LogP contribution is -2.41. The lowest BCUT2D eigenvalue weighted by Gasteiger charge is -2.31. The number of likely N-dealkylation sites (tertiary alicyclic amines) is 1. The Morgan fingerprint density at radius 3 is 2.61 bits per heavy atom. The zero-order valence-electron chi connectivity index (χ0n) is 15.9. The number of rotatable bonds is 3. The molecule has 2 aromatic carbocycles. The molecular formula is C22H23FN4O. The summed E-state index contributed by atoms with van der Waals surface area (Å²) >= 11 is 0. The Kier molecular flexibility index (Phi) is 5.19. The minimum absolute atomic E-state index is 0.204. The number of piperidine rings is 1. The van der Waals surface area contributed by atoms with E-state index in [1.54, 1.807) is 17.0 Å². The number of benzene rings is 2. The van der Waals surface area contributed by atoms with Gasteiger partial charge in [0.25, 0.3) is 0 Å². The highest BCUT2D eigenvalue weighted by Gasteiger charge is 2.25. The normalized spacial score (nSPS) is 15.0. The third kappa shape index (κ3) is 3.96. The lowest BCUT2D eigenvalue weighted by molar-refractivity contribution is 0.169. The van der Waals surface area contributed by atoms with Crippen LogP contribution in [0.4, 0.5) is 9.18 Å². The standard InChI is InChI=1S/C22H23FN4O/c1-16-7-8-19(20(23)13-16)21-24-15-27(25-21)22(28)26-11-9-18(10-12-26)14-17-5-3-2-4-6-17/h2-8,13,15,18H,9-12,14H2,1H3. The number of carbonyl (C=O) groups is 1. The van der Waals surface area contributed by atoms with Gasteiger partial charge < -0.3 is 4.90 Å². The molecule has 0 atom stereocenters. The minimum atomic E-state index is -0.382. The third-order valence-electron chi connectivity index (χ3n) is 5.31. The maximum absolute atomic E-state index is 14.1. The molecule has 3 aromatic rings. The molecule has 4 rings (SSSR count). The van der Waals surface area contributed by atoms with Crippen LogP contribution in [0, 0.1) is 18.7 Å². The van der Waals surface area contributed by atoms with Crippen LogP contribution < -0.4 is 0 Å². The molecule has 0 N–H and O–H groups in total. The first-order chi connectivity index (χ1) is 13.6. The number of carbonyl (C=O) groups excluding carboxylic acids is 1. The zero-order chi connectivity index (χ0) is 19.5. The monoisotopic (exact) mass is 378 g/mol. The van der Waals surface area contributed by atoms with Crippen LogP contribution in [-0.4, -0.2) is 38.8 Å². The Bertz CT molecular complexity index is 962. The van der Waals surface area contributed by atoms with E-state index < -0.39 is 0 Å². The van der Waals surface area contributed by atoms with Gasteiger partial charge in [0, 0.05) is 13.1 Å². The number of hydrogen-bond acceptors (Lipinski definition) is 3. The fourth-order valence-electron chi connectivity index (χ4n) is 3.70. The number of aryl methyl sites for hydroxylation is 1. The van der Waals surface area contributed by atoms with Gasteiger partial charge in [0.1, 0.15) is 12.1 Å². The van der Waals surface area contributed by atoms with Crippen molar-refractivity contribution in [2.45, 2.75) is 26.2 Å². The summed E-state index contributed by atoms with van der Waals surface area (Å²) in [4.78, 5) is 18.7. The van der Waals surface area contributed by atoms with Gasteiger partial charge in [-0.3, -0.25) is 0 Å². The molecule has 0 saturated carbocycles. The molecule has 1 aromatic heterocycles. The minimum Gasteiger partial charge on any atom is -0.323 e.